The molecular weight excluding hydrogens is 430 g/mol. The molecule has 2 rings (SSSR count). The van der Waals surface area contributed by atoms with Crippen LogP contribution in [0.4, 0.5) is 0 Å². The molecule has 0 atom stereocenters. The van der Waals surface area contributed by atoms with Crippen LogP contribution in [0, 0.1) is 6.92 Å². The van der Waals surface area contributed by atoms with Crippen LogP contribution in [0.1, 0.15) is 32.8 Å². The first-order valence-electron chi connectivity index (χ1n) is 10.3. The summed E-state index contributed by atoms with van der Waals surface area (Å²) in [5, 5.41) is 0.0857. The lowest BCUT2D eigenvalue weighted by Gasteiger charge is -2.36. The highest BCUT2D eigenvalue weighted by Gasteiger charge is 2.37. The molecule has 0 aliphatic heterocycles. The minimum absolute atomic E-state index is 0.0857. The molecule has 0 amide bonds. The number of hydrogen-bond donors (Lipinski definition) is 0. The van der Waals surface area contributed by atoms with Gasteiger partial charge in [0.05, 0.1) is 10.6 Å². The van der Waals surface area contributed by atoms with Gasteiger partial charge in [-0.2, -0.15) is 12.8 Å². The standard InChI is InChI=1S/C23H35NO5SSi/c1-18-9-11-20(12-10-18)30(25,26)24-21-13-15-23(27-5,28-6)17-19(21)14-16-29-31(7,8)22(2,3)4/h9-13,15,17H,14,16H2,1-8H3/b24-21-. The van der Waals surface area contributed by atoms with Crippen LogP contribution in [0.15, 0.2) is 57.4 Å². The van der Waals surface area contributed by atoms with Crippen LogP contribution in [-0.2, 0) is 23.9 Å². The fraction of sp³-hybridized carbons (Fsp3) is 0.522. The van der Waals surface area contributed by atoms with E-state index < -0.39 is 24.1 Å². The second-order valence-corrected chi connectivity index (χ2v) is 15.7. The maximum Gasteiger partial charge on any atom is 0.282 e. The maximum atomic E-state index is 12.9. The van der Waals surface area contributed by atoms with Gasteiger partial charge in [-0.3, -0.25) is 0 Å². The number of ether oxygens (including phenoxy) is 2. The monoisotopic (exact) mass is 465 g/mol. The highest BCUT2D eigenvalue weighted by Crippen LogP contribution is 2.37. The number of rotatable bonds is 8. The van der Waals surface area contributed by atoms with E-state index in [0.29, 0.717) is 24.3 Å². The summed E-state index contributed by atoms with van der Waals surface area (Å²) in [5.74, 6) is -1.06. The fourth-order valence-electron chi connectivity index (χ4n) is 2.82. The van der Waals surface area contributed by atoms with Crippen LogP contribution in [0.5, 0.6) is 0 Å². The van der Waals surface area contributed by atoms with Crippen molar-refractivity contribution in [1.82, 2.24) is 0 Å². The lowest BCUT2D eigenvalue weighted by Crippen LogP contribution is -2.41. The molecule has 0 heterocycles. The Labute approximate surface area is 188 Å². The smallest absolute Gasteiger partial charge is 0.282 e. The molecule has 1 aliphatic rings. The largest absolute Gasteiger partial charge is 0.416 e. The number of benzene rings is 1. The summed E-state index contributed by atoms with van der Waals surface area (Å²) >= 11 is 0. The van der Waals surface area contributed by atoms with Gasteiger partial charge in [0.15, 0.2) is 8.32 Å². The Bertz CT molecular complexity index is 966. The first-order chi connectivity index (χ1) is 14.3. The predicted octanol–water partition coefficient (Wildman–Crippen LogP) is 5.02. The van der Waals surface area contributed by atoms with Gasteiger partial charge >= 0.3 is 0 Å². The van der Waals surface area contributed by atoms with Crippen LogP contribution in [0.3, 0.4) is 0 Å². The normalized spacial score (nSPS) is 18.3. The van der Waals surface area contributed by atoms with Crippen LogP contribution < -0.4 is 0 Å². The van der Waals surface area contributed by atoms with E-state index in [1.165, 1.54) is 0 Å². The first kappa shape index (κ1) is 25.7. The Balaban J connectivity index is 2.35. The van der Waals surface area contributed by atoms with Crippen LogP contribution in [0.2, 0.25) is 18.1 Å². The quantitative estimate of drug-likeness (QED) is 0.398. The molecule has 1 aliphatic carbocycles. The summed E-state index contributed by atoms with van der Waals surface area (Å²) in [6.45, 7) is 13.3. The summed E-state index contributed by atoms with van der Waals surface area (Å²) in [6.07, 6.45) is 5.56. The molecule has 31 heavy (non-hydrogen) atoms. The summed E-state index contributed by atoms with van der Waals surface area (Å²) in [7, 11) is -2.71. The molecule has 0 spiro atoms. The van der Waals surface area contributed by atoms with E-state index >= 15 is 0 Å². The van der Waals surface area contributed by atoms with Crippen molar-refractivity contribution in [3.63, 3.8) is 0 Å². The van der Waals surface area contributed by atoms with Crippen molar-refractivity contribution in [2.24, 2.45) is 4.40 Å². The third-order valence-corrected chi connectivity index (χ3v) is 11.8. The summed E-state index contributed by atoms with van der Waals surface area (Å²) in [5.41, 5.74) is 2.06. The summed E-state index contributed by atoms with van der Waals surface area (Å²) in [4.78, 5) is 0.159. The van der Waals surface area contributed by atoms with Gasteiger partial charge in [0.1, 0.15) is 0 Å². The van der Waals surface area contributed by atoms with Gasteiger partial charge in [-0.05, 0) is 67.4 Å². The Morgan fingerprint density at radius 2 is 1.65 bits per heavy atom. The van der Waals surface area contributed by atoms with E-state index in [1.54, 1.807) is 56.7 Å². The second kappa shape index (κ2) is 9.50. The van der Waals surface area contributed by atoms with Crippen molar-refractivity contribution in [3.8, 4) is 0 Å². The van der Waals surface area contributed by atoms with Crippen molar-refractivity contribution < 1.29 is 22.3 Å². The molecule has 6 nitrogen and oxygen atoms in total. The number of allylic oxidation sites excluding steroid dienone is 1. The van der Waals surface area contributed by atoms with Crippen molar-refractivity contribution in [2.75, 3.05) is 20.8 Å². The van der Waals surface area contributed by atoms with E-state index in [-0.39, 0.29) is 9.93 Å². The minimum Gasteiger partial charge on any atom is -0.416 e. The number of nitrogens with zero attached hydrogens (tertiary/aromatic N) is 1. The zero-order valence-electron chi connectivity index (χ0n) is 19.9. The topological polar surface area (TPSA) is 74.2 Å². The number of hydrogen-bond acceptors (Lipinski definition) is 5. The number of aryl methyl sites for hydroxylation is 1. The van der Waals surface area contributed by atoms with Crippen molar-refractivity contribution >= 4 is 24.1 Å². The zero-order valence-corrected chi connectivity index (χ0v) is 21.7. The SMILES string of the molecule is COC1(OC)C=C/C(=N/S(=O)(=O)c2ccc(C)cc2)C(CCO[Si](C)(C)C(C)(C)C)=C1. The van der Waals surface area contributed by atoms with E-state index in [2.05, 4.69) is 38.3 Å². The molecule has 0 fully saturated rings. The molecular formula is C23H35NO5SSi. The Morgan fingerprint density at radius 1 is 1.06 bits per heavy atom. The van der Waals surface area contributed by atoms with Crippen molar-refractivity contribution in [2.45, 2.75) is 62.9 Å². The first-order valence-corrected chi connectivity index (χ1v) is 14.7. The molecule has 0 unspecified atom stereocenters. The average molecular weight is 466 g/mol. The fourth-order valence-corrected chi connectivity index (χ4v) is 4.89. The maximum absolute atomic E-state index is 12.9. The Morgan fingerprint density at radius 3 is 2.16 bits per heavy atom. The van der Waals surface area contributed by atoms with Crippen molar-refractivity contribution in [3.05, 3.63) is 53.6 Å². The van der Waals surface area contributed by atoms with E-state index in [9.17, 15) is 8.42 Å². The van der Waals surface area contributed by atoms with Crippen LogP contribution in [0.25, 0.3) is 0 Å². The summed E-state index contributed by atoms with van der Waals surface area (Å²) < 4.78 is 47.2. The summed E-state index contributed by atoms with van der Waals surface area (Å²) in [6, 6.07) is 6.66. The molecule has 8 heteroatoms. The molecule has 0 aromatic heterocycles. The zero-order chi connectivity index (χ0) is 23.5. The van der Waals surface area contributed by atoms with Gasteiger partial charge in [-0.15, -0.1) is 0 Å². The molecule has 0 saturated heterocycles. The molecule has 0 radical (unpaired) electrons. The van der Waals surface area contributed by atoms with Gasteiger partial charge < -0.3 is 13.9 Å². The van der Waals surface area contributed by atoms with E-state index in [0.717, 1.165) is 5.56 Å². The number of sulfonamides is 1. The van der Waals surface area contributed by atoms with Crippen LogP contribution in [-0.4, -0.2) is 49.1 Å². The Hall–Kier alpha value is -1.58. The number of methoxy groups -OCH3 is 2. The molecule has 0 saturated carbocycles. The second-order valence-electron chi connectivity index (χ2n) is 9.26. The van der Waals surface area contributed by atoms with Gasteiger partial charge in [0.25, 0.3) is 10.0 Å². The third-order valence-electron chi connectivity index (χ3n) is 5.99. The molecule has 0 bridgehead atoms. The van der Waals surface area contributed by atoms with Crippen LogP contribution >= 0.6 is 0 Å². The molecule has 1 aromatic rings. The molecule has 1 aromatic carbocycles. The lowest BCUT2D eigenvalue weighted by molar-refractivity contribution is -0.133. The lowest BCUT2D eigenvalue weighted by atomic mass is 9.97. The average Bonchev–Trinajstić information content (AvgIpc) is 2.68. The third kappa shape index (κ3) is 6.23. The van der Waals surface area contributed by atoms with Gasteiger partial charge in [-0.1, -0.05) is 38.5 Å². The van der Waals surface area contributed by atoms with E-state index in [4.69, 9.17) is 13.9 Å². The van der Waals surface area contributed by atoms with Gasteiger partial charge in [0.2, 0.25) is 5.79 Å². The van der Waals surface area contributed by atoms with Gasteiger partial charge in [0, 0.05) is 20.8 Å². The predicted molar refractivity (Wildman–Crippen MR) is 128 cm³/mol. The molecule has 0 N–H and O–H groups in total. The Kier molecular flexibility index (Phi) is 7.87. The highest BCUT2D eigenvalue weighted by atomic mass is 32.2. The van der Waals surface area contributed by atoms with E-state index in [1.807, 2.05) is 6.92 Å². The van der Waals surface area contributed by atoms with Gasteiger partial charge in [-0.25, -0.2) is 0 Å². The molecule has 172 valence electrons. The minimum atomic E-state index is -3.85. The highest BCUT2D eigenvalue weighted by molar-refractivity contribution is 7.90. The van der Waals surface area contributed by atoms with Crippen molar-refractivity contribution in [1.29, 1.82) is 0 Å².